The van der Waals surface area contributed by atoms with Crippen LogP contribution >= 0.6 is 0 Å². The molecule has 8 heteroatoms. The molecule has 0 saturated carbocycles. The lowest BCUT2D eigenvalue weighted by Gasteiger charge is -2.25. The standard InChI is InChI=1S/C30H29NO7/c1-35-15-5-14-31-27(21-8-11-23(12-9-21)38-19-20-6-3-2-4-7-20)26(29(33)30(31)34)28(32)22-10-13-24-25(18-22)37-17-16-36-24/h2-4,6-13,18,27,32H,5,14-17,19H2,1H3/t27-/m0/s1. The molecule has 1 saturated heterocycles. The van der Waals surface area contributed by atoms with Crippen LogP contribution in [0, 0.1) is 0 Å². The van der Waals surface area contributed by atoms with Crippen molar-refractivity contribution in [2.45, 2.75) is 19.1 Å². The maximum atomic E-state index is 13.2. The molecule has 1 fully saturated rings. The quantitative estimate of drug-likeness (QED) is 0.194. The zero-order valence-electron chi connectivity index (χ0n) is 21.1. The van der Waals surface area contributed by atoms with E-state index in [9.17, 15) is 14.7 Å². The minimum Gasteiger partial charge on any atom is -0.507 e. The van der Waals surface area contributed by atoms with Gasteiger partial charge in [0.25, 0.3) is 11.7 Å². The van der Waals surface area contributed by atoms with Crippen molar-refractivity contribution in [3.05, 3.63) is 95.1 Å². The second-order valence-electron chi connectivity index (χ2n) is 9.04. The summed E-state index contributed by atoms with van der Waals surface area (Å²) in [5.41, 5.74) is 2.13. The molecule has 2 aliphatic heterocycles. The highest BCUT2D eigenvalue weighted by Crippen LogP contribution is 2.41. The van der Waals surface area contributed by atoms with Gasteiger partial charge < -0.3 is 29.0 Å². The van der Waals surface area contributed by atoms with E-state index in [1.165, 1.54) is 4.90 Å². The Morgan fingerprint density at radius 2 is 1.71 bits per heavy atom. The number of carbonyl (C=O) groups excluding carboxylic acids is 2. The van der Waals surface area contributed by atoms with E-state index in [0.29, 0.717) is 67.8 Å². The molecule has 2 aliphatic rings. The molecule has 3 aromatic carbocycles. The number of fused-ring (bicyclic) bond motifs is 1. The molecule has 0 bridgehead atoms. The van der Waals surface area contributed by atoms with Gasteiger partial charge in [-0.1, -0.05) is 42.5 Å². The van der Waals surface area contributed by atoms with E-state index in [0.717, 1.165) is 5.56 Å². The summed E-state index contributed by atoms with van der Waals surface area (Å²) in [5.74, 6) is 0.0464. The zero-order chi connectivity index (χ0) is 26.5. The second-order valence-corrected chi connectivity index (χ2v) is 9.04. The van der Waals surface area contributed by atoms with Crippen molar-refractivity contribution in [3.63, 3.8) is 0 Å². The summed E-state index contributed by atoms with van der Waals surface area (Å²) in [6.07, 6.45) is 0.544. The fraction of sp³-hybridized carbons (Fsp3) is 0.267. The van der Waals surface area contributed by atoms with E-state index in [2.05, 4.69) is 0 Å². The van der Waals surface area contributed by atoms with Gasteiger partial charge >= 0.3 is 0 Å². The van der Waals surface area contributed by atoms with Crippen LogP contribution in [0.15, 0.2) is 78.4 Å². The largest absolute Gasteiger partial charge is 0.507 e. The summed E-state index contributed by atoms with van der Waals surface area (Å²) < 4.78 is 22.3. The molecule has 0 spiro atoms. The Morgan fingerprint density at radius 1 is 0.974 bits per heavy atom. The maximum absolute atomic E-state index is 13.2. The van der Waals surface area contributed by atoms with E-state index in [1.807, 2.05) is 42.5 Å². The van der Waals surface area contributed by atoms with Crippen LogP contribution in [-0.2, 0) is 20.9 Å². The normalized spacial score (nSPS) is 18.0. The maximum Gasteiger partial charge on any atom is 0.295 e. The van der Waals surface area contributed by atoms with Crippen LogP contribution in [0.3, 0.4) is 0 Å². The van der Waals surface area contributed by atoms with E-state index < -0.39 is 17.7 Å². The van der Waals surface area contributed by atoms with Crippen LogP contribution in [0.4, 0.5) is 0 Å². The Morgan fingerprint density at radius 3 is 2.45 bits per heavy atom. The number of rotatable bonds is 9. The average molecular weight is 516 g/mol. The van der Waals surface area contributed by atoms with Gasteiger partial charge in [0.2, 0.25) is 0 Å². The number of benzene rings is 3. The molecule has 1 N–H and O–H groups in total. The molecule has 1 amide bonds. The number of aliphatic hydroxyl groups is 1. The fourth-order valence-corrected chi connectivity index (χ4v) is 4.67. The average Bonchev–Trinajstić information content (AvgIpc) is 3.21. The first-order valence-electron chi connectivity index (χ1n) is 12.5. The first-order chi connectivity index (χ1) is 18.6. The first-order valence-corrected chi connectivity index (χ1v) is 12.5. The molecule has 196 valence electrons. The fourth-order valence-electron chi connectivity index (χ4n) is 4.67. The number of amides is 1. The van der Waals surface area contributed by atoms with Crippen LogP contribution in [0.2, 0.25) is 0 Å². The van der Waals surface area contributed by atoms with Gasteiger partial charge in [-0.15, -0.1) is 0 Å². The number of Topliss-reactive ketones (excluding diaryl/α,β-unsaturated/α-hetero) is 1. The first kappa shape index (κ1) is 25.4. The third-order valence-corrected chi connectivity index (χ3v) is 6.55. The highest BCUT2D eigenvalue weighted by molar-refractivity contribution is 6.46. The molecule has 2 heterocycles. The number of ether oxygens (including phenoxy) is 4. The predicted molar refractivity (Wildman–Crippen MR) is 140 cm³/mol. The van der Waals surface area contributed by atoms with Crippen molar-refractivity contribution in [2.24, 2.45) is 0 Å². The lowest BCUT2D eigenvalue weighted by atomic mass is 9.95. The summed E-state index contributed by atoms with van der Waals surface area (Å²) in [6.45, 7) is 1.98. The van der Waals surface area contributed by atoms with E-state index in [-0.39, 0.29) is 11.3 Å². The topological polar surface area (TPSA) is 94.5 Å². The van der Waals surface area contributed by atoms with Crippen LogP contribution in [0.1, 0.15) is 29.2 Å². The summed E-state index contributed by atoms with van der Waals surface area (Å²) in [7, 11) is 1.58. The van der Waals surface area contributed by atoms with Gasteiger partial charge in [-0.2, -0.15) is 0 Å². The van der Waals surface area contributed by atoms with Crippen LogP contribution in [0.5, 0.6) is 17.2 Å². The molecule has 8 nitrogen and oxygen atoms in total. The minimum atomic E-state index is -0.761. The van der Waals surface area contributed by atoms with Gasteiger partial charge in [-0.05, 0) is 47.9 Å². The van der Waals surface area contributed by atoms with Crippen LogP contribution < -0.4 is 14.2 Å². The number of ketones is 1. The monoisotopic (exact) mass is 515 g/mol. The number of hydrogen-bond donors (Lipinski definition) is 1. The minimum absolute atomic E-state index is 0.0297. The molecule has 0 aliphatic carbocycles. The third kappa shape index (κ3) is 5.21. The molecule has 0 aromatic heterocycles. The molecule has 0 unspecified atom stereocenters. The zero-order valence-corrected chi connectivity index (χ0v) is 21.1. The van der Waals surface area contributed by atoms with Crippen LogP contribution in [0.25, 0.3) is 5.76 Å². The smallest absolute Gasteiger partial charge is 0.295 e. The van der Waals surface area contributed by atoms with Crippen LogP contribution in [-0.4, -0.2) is 55.2 Å². The van der Waals surface area contributed by atoms with Gasteiger partial charge in [-0.3, -0.25) is 9.59 Å². The second kappa shape index (κ2) is 11.4. The Hall–Kier alpha value is -4.30. The third-order valence-electron chi connectivity index (χ3n) is 6.55. The lowest BCUT2D eigenvalue weighted by molar-refractivity contribution is -0.140. The highest BCUT2D eigenvalue weighted by atomic mass is 16.6. The van der Waals surface area contributed by atoms with E-state index >= 15 is 0 Å². The van der Waals surface area contributed by atoms with Gasteiger partial charge in [0.05, 0.1) is 11.6 Å². The molecule has 5 rings (SSSR count). The number of methoxy groups -OCH3 is 1. The Kier molecular flexibility index (Phi) is 7.60. The van der Waals surface area contributed by atoms with E-state index in [4.69, 9.17) is 18.9 Å². The number of likely N-dealkylation sites (tertiary alicyclic amines) is 1. The molecule has 0 radical (unpaired) electrons. The van der Waals surface area contributed by atoms with Crippen molar-refractivity contribution < 1.29 is 33.6 Å². The van der Waals surface area contributed by atoms with Crippen molar-refractivity contribution in [2.75, 3.05) is 33.5 Å². The summed E-state index contributed by atoms with van der Waals surface area (Å²) in [4.78, 5) is 27.8. The Labute approximate surface area is 221 Å². The van der Waals surface area contributed by atoms with Crippen molar-refractivity contribution in [3.8, 4) is 17.2 Å². The van der Waals surface area contributed by atoms with E-state index in [1.54, 1.807) is 37.4 Å². The molecular weight excluding hydrogens is 486 g/mol. The summed E-state index contributed by atoms with van der Waals surface area (Å²) in [6, 6.07) is 21.3. The SMILES string of the molecule is COCCCN1C(=O)C(=O)C(=C(O)c2ccc3c(c2)OCCO3)[C@@H]1c1ccc(OCc2ccccc2)cc1. The summed E-state index contributed by atoms with van der Waals surface area (Å²) >= 11 is 0. The molecular formula is C30H29NO7. The molecule has 1 atom stereocenters. The highest BCUT2D eigenvalue weighted by Gasteiger charge is 2.45. The lowest BCUT2D eigenvalue weighted by Crippen LogP contribution is -2.31. The molecule has 38 heavy (non-hydrogen) atoms. The van der Waals surface area contributed by atoms with Gasteiger partial charge in [0.1, 0.15) is 31.3 Å². The van der Waals surface area contributed by atoms with Crippen molar-refractivity contribution >= 4 is 17.4 Å². The van der Waals surface area contributed by atoms with Crippen molar-refractivity contribution in [1.82, 2.24) is 4.90 Å². The number of hydrogen-bond acceptors (Lipinski definition) is 7. The van der Waals surface area contributed by atoms with Gasteiger partial charge in [0.15, 0.2) is 11.5 Å². The van der Waals surface area contributed by atoms with Gasteiger partial charge in [-0.25, -0.2) is 0 Å². The number of nitrogens with zero attached hydrogens (tertiary/aromatic N) is 1. The number of carbonyl (C=O) groups is 2. The molecule has 3 aromatic rings. The predicted octanol–water partition coefficient (Wildman–Crippen LogP) is 4.50. The Balaban J connectivity index is 1.47. The number of aliphatic hydroxyl groups excluding tert-OH is 1. The summed E-state index contributed by atoms with van der Waals surface area (Å²) in [5, 5.41) is 11.3. The van der Waals surface area contributed by atoms with Gasteiger partial charge in [0, 0.05) is 25.8 Å². The van der Waals surface area contributed by atoms with Crippen molar-refractivity contribution in [1.29, 1.82) is 0 Å². The Bertz CT molecular complexity index is 1330.